The van der Waals surface area contributed by atoms with Crippen molar-refractivity contribution in [1.29, 1.82) is 0 Å². The minimum atomic E-state index is -0.353. The van der Waals surface area contributed by atoms with Crippen LogP contribution in [-0.2, 0) is 4.79 Å². The minimum absolute atomic E-state index is 0.0606. The summed E-state index contributed by atoms with van der Waals surface area (Å²) in [6, 6.07) is 0.0124. The van der Waals surface area contributed by atoms with Gasteiger partial charge in [-0.25, -0.2) is 0 Å². The summed E-state index contributed by atoms with van der Waals surface area (Å²) < 4.78 is 0. The van der Waals surface area contributed by atoms with E-state index in [1.54, 1.807) is 0 Å². The van der Waals surface area contributed by atoms with Crippen molar-refractivity contribution in [2.24, 2.45) is 0 Å². The maximum absolute atomic E-state index is 11.4. The molecule has 0 aliphatic carbocycles. The highest BCUT2D eigenvalue weighted by molar-refractivity contribution is 5.83. The van der Waals surface area contributed by atoms with Crippen molar-refractivity contribution >= 4 is 5.91 Å². The molecule has 0 radical (unpaired) electrons. The van der Waals surface area contributed by atoms with Crippen molar-refractivity contribution in [1.82, 2.24) is 15.5 Å². The van der Waals surface area contributed by atoms with Gasteiger partial charge >= 0.3 is 0 Å². The van der Waals surface area contributed by atoms with E-state index in [0.29, 0.717) is 6.54 Å². The molecule has 80 valence electrons. The van der Waals surface area contributed by atoms with E-state index in [9.17, 15) is 9.90 Å². The second kappa shape index (κ2) is 3.84. The summed E-state index contributed by atoms with van der Waals surface area (Å²) in [5, 5.41) is 15.6. The molecule has 2 aliphatic rings. The smallest absolute Gasteiger partial charge is 0.237 e. The summed E-state index contributed by atoms with van der Waals surface area (Å²) in [6.07, 6.45) is 0.492. The Hall–Kier alpha value is -0.650. The van der Waals surface area contributed by atoms with E-state index in [2.05, 4.69) is 10.6 Å². The highest BCUT2D eigenvalue weighted by Gasteiger charge is 2.36. The minimum Gasteiger partial charge on any atom is -0.390 e. The molecule has 0 aromatic rings. The van der Waals surface area contributed by atoms with E-state index >= 15 is 0 Å². The number of hydrogen-bond donors (Lipinski definition) is 3. The molecule has 2 heterocycles. The van der Waals surface area contributed by atoms with E-state index in [-0.39, 0.29) is 24.1 Å². The molecule has 0 spiro atoms. The Labute approximate surface area is 83.5 Å². The SMILES string of the molecule is CN(C1CCNC1=O)[C@@H]1CNC[C@H]1O. The Morgan fingerprint density at radius 2 is 2.29 bits per heavy atom. The largest absolute Gasteiger partial charge is 0.390 e. The first-order valence-electron chi connectivity index (χ1n) is 5.08. The molecule has 0 saturated carbocycles. The van der Waals surface area contributed by atoms with Gasteiger partial charge < -0.3 is 15.7 Å². The highest BCUT2D eigenvalue weighted by atomic mass is 16.3. The number of rotatable bonds is 2. The first-order valence-corrected chi connectivity index (χ1v) is 5.08. The van der Waals surface area contributed by atoms with E-state index in [1.807, 2.05) is 11.9 Å². The molecule has 0 bridgehead atoms. The van der Waals surface area contributed by atoms with E-state index < -0.39 is 0 Å². The molecule has 1 amide bonds. The fourth-order valence-electron chi connectivity index (χ4n) is 2.27. The molecule has 2 rings (SSSR count). The van der Waals surface area contributed by atoms with Gasteiger partial charge in [0.05, 0.1) is 12.1 Å². The topological polar surface area (TPSA) is 64.6 Å². The third kappa shape index (κ3) is 1.63. The van der Waals surface area contributed by atoms with Gasteiger partial charge in [0.15, 0.2) is 0 Å². The first-order chi connectivity index (χ1) is 6.70. The first kappa shape index (κ1) is 9.89. The number of amides is 1. The van der Waals surface area contributed by atoms with Crippen LogP contribution >= 0.6 is 0 Å². The van der Waals surface area contributed by atoms with Crippen LogP contribution < -0.4 is 10.6 Å². The Bertz CT molecular complexity index is 234. The number of β-amino-alcohol motifs (C(OH)–C–C–N with tert-alkyl or cyclic N) is 1. The van der Waals surface area contributed by atoms with Gasteiger partial charge in [-0.05, 0) is 13.5 Å². The van der Waals surface area contributed by atoms with Crippen LogP contribution in [0.5, 0.6) is 0 Å². The Morgan fingerprint density at radius 1 is 1.50 bits per heavy atom. The summed E-state index contributed by atoms with van der Waals surface area (Å²) >= 11 is 0. The molecule has 1 unspecified atom stereocenters. The molecule has 14 heavy (non-hydrogen) atoms. The average molecular weight is 199 g/mol. The number of likely N-dealkylation sites (N-methyl/N-ethyl adjacent to an activating group) is 1. The molecule has 5 heteroatoms. The lowest BCUT2D eigenvalue weighted by molar-refractivity contribution is -0.124. The van der Waals surface area contributed by atoms with Gasteiger partial charge in [0, 0.05) is 25.7 Å². The summed E-state index contributed by atoms with van der Waals surface area (Å²) in [7, 11) is 1.91. The third-order valence-electron chi connectivity index (χ3n) is 3.19. The van der Waals surface area contributed by atoms with Crippen molar-refractivity contribution in [2.45, 2.75) is 24.6 Å². The molecule has 0 aromatic carbocycles. The van der Waals surface area contributed by atoms with E-state index in [4.69, 9.17) is 0 Å². The maximum atomic E-state index is 11.4. The monoisotopic (exact) mass is 199 g/mol. The standard InChI is InChI=1S/C9H17N3O2/c1-12(6-2-3-11-9(6)14)7-4-10-5-8(7)13/h6-8,10,13H,2-5H2,1H3,(H,11,14)/t6?,7-,8-/m1/s1. The molecule has 0 aromatic heterocycles. The third-order valence-corrected chi connectivity index (χ3v) is 3.19. The fraction of sp³-hybridized carbons (Fsp3) is 0.889. The van der Waals surface area contributed by atoms with Crippen molar-refractivity contribution < 1.29 is 9.90 Å². The van der Waals surface area contributed by atoms with Crippen molar-refractivity contribution in [3.8, 4) is 0 Å². The number of aliphatic hydroxyl groups excluding tert-OH is 1. The summed E-state index contributed by atoms with van der Waals surface area (Å²) in [6.45, 7) is 2.15. The lowest BCUT2D eigenvalue weighted by Crippen LogP contribution is -2.49. The van der Waals surface area contributed by atoms with Crippen LogP contribution in [0.3, 0.4) is 0 Å². The van der Waals surface area contributed by atoms with Gasteiger partial charge in [0.25, 0.3) is 0 Å². The molecular weight excluding hydrogens is 182 g/mol. The summed E-state index contributed by atoms with van der Waals surface area (Å²) in [5.74, 6) is 0.0894. The van der Waals surface area contributed by atoms with Crippen LogP contribution in [0.1, 0.15) is 6.42 Å². The van der Waals surface area contributed by atoms with Gasteiger partial charge in [-0.1, -0.05) is 0 Å². The molecule has 3 atom stereocenters. The van der Waals surface area contributed by atoms with Crippen LogP contribution in [-0.4, -0.2) is 60.8 Å². The molecule has 2 fully saturated rings. The number of nitrogens with one attached hydrogen (secondary N) is 2. The van der Waals surface area contributed by atoms with Gasteiger partial charge in [-0.2, -0.15) is 0 Å². The number of carbonyl (C=O) groups is 1. The van der Waals surface area contributed by atoms with Crippen molar-refractivity contribution in [2.75, 3.05) is 26.7 Å². The maximum Gasteiger partial charge on any atom is 0.237 e. The van der Waals surface area contributed by atoms with Gasteiger partial charge in [-0.3, -0.25) is 9.69 Å². The Morgan fingerprint density at radius 3 is 2.79 bits per heavy atom. The average Bonchev–Trinajstić information content (AvgIpc) is 2.73. The number of hydrogen-bond acceptors (Lipinski definition) is 4. The van der Waals surface area contributed by atoms with Crippen molar-refractivity contribution in [3.63, 3.8) is 0 Å². The number of carbonyl (C=O) groups excluding carboxylic acids is 1. The zero-order valence-electron chi connectivity index (χ0n) is 8.36. The Kier molecular flexibility index (Phi) is 2.71. The quantitative estimate of drug-likeness (QED) is 0.488. The van der Waals surface area contributed by atoms with Gasteiger partial charge in [0.2, 0.25) is 5.91 Å². The van der Waals surface area contributed by atoms with Crippen LogP contribution in [0.25, 0.3) is 0 Å². The highest BCUT2D eigenvalue weighted by Crippen LogP contribution is 2.15. The zero-order valence-corrected chi connectivity index (χ0v) is 8.36. The predicted molar refractivity (Wildman–Crippen MR) is 51.8 cm³/mol. The number of aliphatic hydroxyl groups is 1. The molecule has 5 nitrogen and oxygen atoms in total. The zero-order chi connectivity index (χ0) is 10.1. The van der Waals surface area contributed by atoms with Crippen LogP contribution in [0.15, 0.2) is 0 Å². The second-order valence-electron chi connectivity index (χ2n) is 4.05. The lowest BCUT2D eigenvalue weighted by atomic mass is 10.1. The molecule has 2 saturated heterocycles. The molecular formula is C9H17N3O2. The van der Waals surface area contributed by atoms with Crippen LogP contribution in [0.4, 0.5) is 0 Å². The lowest BCUT2D eigenvalue weighted by Gasteiger charge is -2.29. The van der Waals surface area contributed by atoms with Crippen LogP contribution in [0.2, 0.25) is 0 Å². The van der Waals surface area contributed by atoms with E-state index in [1.165, 1.54) is 0 Å². The molecule has 3 N–H and O–H groups in total. The molecule has 2 aliphatic heterocycles. The summed E-state index contributed by atoms with van der Waals surface area (Å²) in [4.78, 5) is 13.4. The number of nitrogens with zero attached hydrogens (tertiary/aromatic N) is 1. The van der Waals surface area contributed by atoms with Gasteiger partial charge in [0.1, 0.15) is 0 Å². The second-order valence-corrected chi connectivity index (χ2v) is 4.05. The predicted octanol–water partition coefficient (Wildman–Crippen LogP) is -1.86. The normalized spacial score (nSPS) is 37.9. The van der Waals surface area contributed by atoms with Crippen molar-refractivity contribution in [3.05, 3.63) is 0 Å². The van der Waals surface area contributed by atoms with Crippen LogP contribution in [0, 0.1) is 0 Å². The van der Waals surface area contributed by atoms with E-state index in [0.717, 1.165) is 19.5 Å². The Balaban J connectivity index is 1.99. The summed E-state index contributed by atoms with van der Waals surface area (Å²) in [5.41, 5.74) is 0. The fourth-order valence-corrected chi connectivity index (χ4v) is 2.27. The van der Waals surface area contributed by atoms with Gasteiger partial charge in [-0.15, -0.1) is 0 Å².